The van der Waals surface area contributed by atoms with E-state index in [4.69, 9.17) is 0 Å². The van der Waals surface area contributed by atoms with Gasteiger partial charge in [0.15, 0.2) is 5.69 Å². The van der Waals surface area contributed by atoms with Gasteiger partial charge in [-0.2, -0.15) is 4.57 Å². The Morgan fingerprint density at radius 3 is 2.31 bits per heavy atom. The van der Waals surface area contributed by atoms with Gasteiger partial charge in [-0.1, -0.05) is 68.1 Å². The second kappa shape index (κ2) is 7.30. The van der Waals surface area contributed by atoms with Crippen LogP contribution in [0.25, 0.3) is 32.8 Å². The molecule has 0 saturated heterocycles. The van der Waals surface area contributed by atoms with Crippen LogP contribution in [0.5, 0.6) is 0 Å². The molecule has 0 unspecified atom stereocenters. The molecule has 0 aliphatic heterocycles. The normalized spacial score (nSPS) is 14.9. The summed E-state index contributed by atoms with van der Waals surface area (Å²) in [5, 5.41) is 5.35. The first-order valence-electron chi connectivity index (χ1n) is 11.0. The molecule has 29 heavy (non-hydrogen) atoms. The number of fused-ring (bicyclic) bond motifs is 2. The lowest BCUT2D eigenvalue weighted by Gasteiger charge is -2.13. The van der Waals surface area contributed by atoms with E-state index in [1.807, 2.05) is 0 Å². The number of hydrogen-bond acceptors (Lipinski definition) is 0. The van der Waals surface area contributed by atoms with Gasteiger partial charge in [-0.25, -0.2) is 0 Å². The molecule has 0 atom stereocenters. The van der Waals surface area contributed by atoms with Gasteiger partial charge in [0.05, 0.1) is 10.9 Å². The monoisotopic (exact) mass is 380 g/mol. The molecule has 0 radical (unpaired) electrons. The zero-order valence-electron chi connectivity index (χ0n) is 17.8. The van der Waals surface area contributed by atoms with Crippen LogP contribution < -0.4 is 4.57 Å². The van der Waals surface area contributed by atoms with Crippen molar-refractivity contribution < 1.29 is 4.57 Å². The van der Waals surface area contributed by atoms with Crippen LogP contribution in [0.15, 0.2) is 60.7 Å². The van der Waals surface area contributed by atoms with E-state index in [1.165, 1.54) is 81.7 Å². The van der Waals surface area contributed by atoms with Gasteiger partial charge in [-0.3, -0.25) is 0 Å². The number of benzene rings is 3. The number of pyridine rings is 1. The van der Waals surface area contributed by atoms with Crippen molar-refractivity contribution in [3.63, 3.8) is 0 Å². The Morgan fingerprint density at radius 1 is 0.828 bits per heavy atom. The van der Waals surface area contributed by atoms with Crippen LogP contribution in [-0.2, 0) is 13.5 Å². The molecule has 0 amide bonds. The fraction of sp³-hybridized carbons (Fsp3) is 0.321. The van der Waals surface area contributed by atoms with E-state index < -0.39 is 0 Å². The van der Waals surface area contributed by atoms with Gasteiger partial charge in [0, 0.05) is 13.0 Å². The molecule has 1 aliphatic carbocycles. The molecule has 146 valence electrons. The smallest absolute Gasteiger partial charge is 0.198 e. The minimum absolute atomic E-state index is 0.885. The molecule has 1 heteroatoms. The first-order chi connectivity index (χ1) is 14.1. The van der Waals surface area contributed by atoms with Crippen LogP contribution in [0.4, 0.5) is 0 Å². The summed E-state index contributed by atoms with van der Waals surface area (Å²) >= 11 is 0. The second-order valence-electron chi connectivity index (χ2n) is 8.98. The van der Waals surface area contributed by atoms with E-state index in [2.05, 4.69) is 86.1 Å². The van der Waals surface area contributed by atoms with Crippen molar-refractivity contribution in [3.05, 3.63) is 77.5 Å². The maximum absolute atomic E-state index is 2.44. The summed E-state index contributed by atoms with van der Waals surface area (Å²) in [6, 6.07) is 22.9. The highest BCUT2D eigenvalue weighted by Crippen LogP contribution is 2.33. The first kappa shape index (κ1) is 18.4. The molecule has 1 aliphatic rings. The fourth-order valence-electron chi connectivity index (χ4n) is 5.24. The number of hydrogen-bond donors (Lipinski definition) is 0. The zero-order chi connectivity index (χ0) is 20.0. The Morgan fingerprint density at radius 2 is 1.55 bits per heavy atom. The Bertz CT molecular complexity index is 1210. The van der Waals surface area contributed by atoms with Gasteiger partial charge in [0.2, 0.25) is 5.69 Å². The zero-order valence-corrected chi connectivity index (χ0v) is 17.8. The highest BCUT2D eigenvalue weighted by Gasteiger charge is 2.21. The number of aryl methyl sites for hydroxylation is 2. The summed E-state index contributed by atoms with van der Waals surface area (Å²) in [4.78, 5) is 0. The summed E-state index contributed by atoms with van der Waals surface area (Å²) in [6.45, 7) is 4.47. The molecule has 4 aromatic rings. The standard InChI is InChI=1S/C28H30N/c1-19-14-23-10-6-7-11-24(23)18-27(19)28-26-13-12-22(16-21-8-4-5-9-21)17-25(26)15-20(2)29(28)3/h6-7,10-15,17-18,21H,4-5,8-9,16H2,1-3H3/q+1. The Labute approximate surface area is 174 Å². The van der Waals surface area contributed by atoms with Crippen LogP contribution in [0.1, 0.15) is 42.5 Å². The second-order valence-corrected chi connectivity index (χ2v) is 8.98. The molecule has 1 heterocycles. The summed E-state index contributed by atoms with van der Waals surface area (Å²) < 4.78 is 2.36. The molecule has 0 N–H and O–H groups in total. The predicted molar refractivity (Wildman–Crippen MR) is 123 cm³/mol. The fourth-order valence-corrected chi connectivity index (χ4v) is 5.24. The van der Waals surface area contributed by atoms with Crippen LogP contribution in [0.2, 0.25) is 0 Å². The maximum atomic E-state index is 2.44. The Hall–Kier alpha value is -2.67. The summed E-state index contributed by atoms with van der Waals surface area (Å²) in [5.41, 5.74) is 6.80. The topological polar surface area (TPSA) is 3.88 Å². The Kier molecular flexibility index (Phi) is 4.62. The molecule has 3 aromatic carbocycles. The molecule has 0 spiro atoms. The molecule has 1 fully saturated rings. The molecular formula is C28H30N+. The average Bonchev–Trinajstić information content (AvgIpc) is 3.22. The van der Waals surface area contributed by atoms with Crippen LogP contribution >= 0.6 is 0 Å². The molecule has 5 rings (SSSR count). The third-order valence-corrected chi connectivity index (χ3v) is 6.95. The minimum Gasteiger partial charge on any atom is -0.198 e. The minimum atomic E-state index is 0.885. The average molecular weight is 381 g/mol. The van der Waals surface area contributed by atoms with Gasteiger partial charge >= 0.3 is 0 Å². The lowest BCUT2D eigenvalue weighted by atomic mass is 9.93. The molecule has 0 bridgehead atoms. The van der Waals surface area contributed by atoms with Crippen LogP contribution in [0.3, 0.4) is 0 Å². The highest BCUT2D eigenvalue weighted by atomic mass is 14.9. The van der Waals surface area contributed by atoms with E-state index >= 15 is 0 Å². The number of nitrogens with zero attached hydrogens (tertiary/aromatic N) is 1. The SMILES string of the molecule is Cc1cc2ccccc2cc1-c1c2ccc(CC3CCCC3)cc2cc(C)[n+]1C. The van der Waals surface area contributed by atoms with E-state index in [0.717, 1.165) is 5.92 Å². The number of aromatic nitrogens is 1. The first-order valence-corrected chi connectivity index (χ1v) is 11.0. The van der Waals surface area contributed by atoms with E-state index in [0.29, 0.717) is 0 Å². The molecular weight excluding hydrogens is 350 g/mol. The third-order valence-electron chi connectivity index (χ3n) is 6.95. The largest absolute Gasteiger partial charge is 0.220 e. The maximum Gasteiger partial charge on any atom is 0.220 e. The van der Waals surface area contributed by atoms with Crippen molar-refractivity contribution in [1.29, 1.82) is 0 Å². The summed E-state index contributed by atoms with van der Waals surface area (Å²) in [6.07, 6.45) is 6.88. The summed E-state index contributed by atoms with van der Waals surface area (Å²) in [5.74, 6) is 0.885. The number of rotatable bonds is 3. The van der Waals surface area contributed by atoms with E-state index in [9.17, 15) is 0 Å². The lowest BCUT2D eigenvalue weighted by molar-refractivity contribution is -0.665. The van der Waals surface area contributed by atoms with Crippen molar-refractivity contribution in [3.8, 4) is 11.3 Å². The van der Waals surface area contributed by atoms with E-state index in [1.54, 1.807) is 0 Å². The molecule has 1 saturated carbocycles. The molecule has 1 nitrogen and oxygen atoms in total. The van der Waals surface area contributed by atoms with Gasteiger partial charge < -0.3 is 0 Å². The van der Waals surface area contributed by atoms with Crippen molar-refractivity contribution >= 4 is 21.5 Å². The van der Waals surface area contributed by atoms with Crippen LogP contribution in [0, 0.1) is 19.8 Å². The molecule has 1 aromatic heterocycles. The lowest BCUT2D eigenvalue weighted by Crippen LogP contribution is -2.35. The Balaban J connectivity index is 1.68. The third kappa shape index (κ3) is 3.33. The van der Waals surface area contributed by atoms with Crippen LogP contribution in [-0.4, -0.2) is 0 Å². The van der Waals surface area contributed by atoms with Crippen molar-refractivity contribution in [1.82, 2.24) is 0 Å². The van der Waals surface area contributed by atoms with Crippen molar-refractivity contribution in [2.75, 3.05) is 0 Å². The van der Waals surface area contributed by atoms with Crippen molar-refractivity contribution in [2.24, 2.45) is 13.0 Å². The van der Waals surface area contributed by atoms with Gasteiger partial charge in [-0.15, -0.1) is 0 Å². The highest BCUT2D eigenvalue weighted by molar-refractivity contribution is 5.97. The van der Waals surface area contributed by atoms with E-state index in [-0.39, 0.29) is 0 Å². The quantitative estimate of drug-likeness (QED) is 0.343. The summed E-state index contributed by atoms with van der Waals surface area (Å²) in [7, 11) is 2.20. The van der Waals surface area contributed by atoms with Crippen molar-refractivity contribution in [2.45, 2.75) is 46.0 Å². The van der Waals surface area contributed by atoms with Gasteiger partial charge in [0.25, 0.3) is 0 Å². The predicted octanol–water partition coefficient (Wildman–Crippen LogP) is 6.83. The van der Waals surface area contributed by atoms with Gasteiger partial charge in [0.1, 0.15) is 7.05 Å². The van der Waals surface area contributed by atoms with Gasteiger partial charge in [-0.05, 0) is 58.7 Å².